The highest BCUT2D eigenvalue weighted by molar-refractivity contribution is 5.81. The van der Waals surface area contributed by atoms with E-state index in [1.165, 1.54) is 0 Å². The molecule has 3 rings (SSSR count). The third kappa shape index (κ3) is 2.86. The summed E-state index contributed by atoms with van der Waals surface area (Å²) in [6.45, 7) is 5.20. The zero-order valence-corrected chi connectivity index (χ0v) is 11.9. The smallest absolute Gasteiger partial charge is 0.237 e. The van der Waals surface area contributed by atoms with Gasteiger partial charge in [-0.2, -0.15) is 5.10 Å². The lowest BCUT2D eigenvalue weighted by atomic mass is 10.1. The summed E-state index contributed by atoms with van der Waals surface area (Å²) in [5, 5.41) is 7.23. The van der Waals surface area contributed by atoms with Gasteiger partial charge in [0.1, 0.15) is 0 Å². The molecule has 0 radical (unpaired) electrons. The molecule has 0 unspecified atom stereocenters. The van der Waals surface area contributed by atoms with Gasteiger partial charge in [0, 0.05) is 38.6 Å². The SMILES string of the molecule is C[C@@H](C(=O)NC[C@@H]1CCCO1)N1CC(n2cccn2)C1. The summed E-state index contributed by atoms with van der Waals surface area (Å²) in [6, 6.07) is 2.25. The lowest BCUT2D eigenvalue weighted by Gasteiger charge is -2.42. The molecule has 2 aliphatic heterocycles. The van der Waals surface area contributed by atoms with Crippen molar-refractivity contribution in [3.05, 3.63) is 18.5 Å². The Morgan fingerprint density at radius 2 is 2.40 bits per heavy atom. The highest BCUT2D eigenvalue weighted by Crippen LogP contribution is 2.22. The number of carbonyl (C=O) groups is 1. The van der Waals surface area contributed by atoms with Crippen molar-refractivity contribution >= 4 is 5.91 Å². The molecule has 20 heavy (non-hydrogen) atoms. The van der Waals surface area contributed by atoms with Crippen LogP contribution in [0.25, 0.3) is 0 Å². The van der Waals surface area contributed by atoms with Crippen molar-refractivity contribution in [2.45, 2.75) is 38.0 Å². The van der Waals surface area contributed by atoms with E-state index in [0.29, 0.717) is 12.6 Å². The van der Waals surface area contributed by atoms with E-state index in [-0.39, 0.29) is 18.1 Å². The molecule has 2 saturated heterocycles. The van der Waals surface area contributed by atoms with Crippen molar-refractivity contribution in [3.63, 3.8) is 0 Å². The molecule has 1 aromatic heterocycles. The summed E-state index contributed by atoms with van der Waals surface area (Å²) in [7, 11) is 0. The van der Waals surface area contributed by atoms with Gasteiger partial charge in [-0.25, -0.2) is 0 Å². The van der Waals surface area contributed by atoms with Crippen molar-refractivity contribution in [2.75, 3.05) is 26.2 Å². The van der Waals surface area contributed by atoms with Gasteiger partial charge in [-0.1, -0.05) is 0 Å². The quantitative estimate of drug-likeness (QED) is 0.848. The topological polar surface area (TPSA) is 59.4 Å². The van der Waals surface area contributed by atoms with Crippen LogP contribution >= 0.6 is 0 Å². The van der Waals surface area contributed by atoms with Crippen molar-refractivity contribution in [3.8, 4) is 0 Å². The second-order valence-corrected chi connectivity index (χ2v) is 5.65. The molecule has 6 nitrogen and oxygen atoms in total. The number of nitrogens with one attached hydrogen (secondary N) is 1. The van der Waals surface area contributed by atoms with E-state index in [9.17, 15) is 4.79 Å². The first kappa shape index (κ1) is 13.6. The maximum Gasteiger partial charge on any atom is 0.237 e. The molecule has 0 aliphatic carbocycles. The van der Waals surface area contributed by atoms with Crippen molar-refractivity contribution in [1.29, 1.82) is 0 Å². The van der Waals surface area contributed by atoms with Gasteiger partial charge in [0.2, 0.25) is 5.91 Å². The van der Waals surface area contributed by atoms with Crippen LogP contribution in [-0.4, -0.2) is 59.0 Å². The van der Waals surface area contributed by atoms with Gasteiger partial charge in [0.25, 0.3) is 0 Å². The Labute approximate surface area is 119 Å². The molecule has 2 aliphatic rings. The number of carbonyl (C=O) groups excluding carboxylic acids is 1. The first-order valence-electron chi connectivity index (χ1n) is 7.36. The second kappa shape index (κ2) is 5.93. The Balaban J connectivity index is 1.40. The molecule has 6 heteroatoms. The lowest BCUT2D eigenvalue weighted by molar-refractivity contribution is -0.128. The summed E-state index contributed by atoms with van der Waals surface area (Å²) < 4.78 is 7.48. The van der Waals surface area contributed by atoms with E-state index in [1.54, 1.807) is 6.20 Å². The van der Waals surface area contributed by atoms with Gasteiger partial charge in [-0.3, -0.25) is 14.4 Å². The first-order chi connectivity index (χ1) is 9.74. The third-order valence-electron chi connectivity index (χ3n) is 4.24. The van der Waals surface area contributed by atoms with Crippen LogP contribution in [0.1, 0.15) is 25.8 Å². The number of ether oxygens (including phenoxy) is 1. The van der Waals surface area contributed by atoms with E-state index in [2.05, 4.69) is 15.3 Å². The van der Waals surface area contributed by atoms with Crippen molar-refractivity contribution in [1.82, 2.24) is 20.0 Å². The summed E-state index contributed by atoms with van der Waals surface area (Å²) in [4.78, 5) is 14.3. The first-order valence-corrected chi connectivity index (χ1v) is 7.36. The monoisotopic (exact) mass is 278 g/mol. The average molecular weight is 278 g/mol. The summed E-state index contributed by atoms with van der Waals surface area (Å²) >= 11 is 0. The van der Waals surface area contributed by atoms with E-state index in [4.69, 9.17) is 4.74 Å². The maximum atomic E-state index is 12.1. The van der Waals surface area contributed by atoms with E-state index >= 15 is 0 Å². The van der Waals surface area contributed by atoms with Crippen LogP contribution in [0.15, 0.2) is 18.5 Å². The van der Waals surface area contributed by atoms with Gasteiger partial charge in [0.15, 0.2) is 0 Å². The van der Waals surface area contributed by atoms with Gasteiger partial charge >= 0.3 is 0 Å². The molecule has 0 spiro atoms. The largest absolute Gasteiger partial charge is 0.376 e. The second-order valence-electron chi connectivity index (χ2n) is 5.65. The van der Waals surface area contributed by atoms with E-state index < -0.39 is 0 Å². The summed E-state index contributed by atoms with van der Waals surface area (Å²) in [5.41, 5.74) is 0. The fraction of sp³-hybridized carbons (Fsp3) is 0.714. The molecular weight excluding hydrogens is 256 g/mol. The molecule has 2 atom stereocenters. The highest BCUT2D eigenvalue weighted by Gasteiger charge is 2.34. The van der Waals surface area contributed by atoms with E-state index in [0.717, 1.165) is 32.5 Å². The predicted octanol–water partition coefficient (Wildman–Crippen LogP) is 0.424. The molecule has 1 amide bonds. The van der Waals surface area contributed by atoms with Gasteiger partial charge in [-0.15, -0.1) is 0 Å². The molecule has 0 aromatic carbocycles. The van der Waals surface area contributed by atoms with Gasteiger partial charge < -0.3 is 10.1 Å². The number of aromatic nitrogens is 2. The van der Waals surface area contributed by atoms with E-state index in [1.807, 2.05) is 23.9 Å². The third-order valence-corrected chi connectivity index (χ3v) is 4.24. The molecule has 0 bridgehead atoms. The zero-order valence-electron chi connectivity index (χ0n) is 11.9. The number of rotatable bonds is 5. The average Bonchev–Trinajstić information content (AvgIpc) is 3.07. The van der Waals surface area contributed by atoms with Crippen LogP contribution in [0.3, 0.4) is 0 Å². The Morgan fingerprint density at radius 3 is 3.05 bits per heavy atom. The normalized spacial score (nSPS) is 25.4. The summed E-state index contributed by atoms with van der Waals surface area (Å²) in [5.74, 6) is 0.0967. The maximum absolute atomic E-state index is 12.1. The predicted molar refractivity (Wildman–Crippen MR) is 74.3 cm³/mol. The Hall–Kier alpha value is -1.40. The highest BCUT2D eigenvalue weighted by atomic mass is 16.5. The van der Waals surface area contributed by atoms with Crippen LogP contribution in [0.4, 0.5) is 0 Å². The van der Waals surface area contributed by atoms with Crippen LogP contribution in [0.2, 0.25) is 0 Å². The molecule has 1 aromatic rings. The number of likely N-dealkylation sites (tertiary alicyclic amines) is 1. The lowest BCUT2D eigenvalue weighted by Crippen LogP contribution is -2.56. The minimum absolute atomic E-state index is 0.0804. The molecule has 3 heterocycles. The standard InChI is InChI=1S/C14H22N4O2/c1-11(14(19)15-8-13-4-2-7-20-13)17-9-12(10-17)18-6-3-5-16-18/h3,5-6,11-13H,2,4,7-10H2,1H3,(H,15,19)/t11-,13-/m0/s1. The van der Waals surface area contributed by atoms with Crippen molar-refractivity contribution < 1.29 is 9.53 Å². The van der Waals surface area contributed by atoms with Crippen LogP contribution in [0, 0.1) is 0 Å². The van der Waals surface area contributed by atoms with Crippen LogP contribution in [-0.2, 0) is 9.53 Å². The molecule has 110 valence electrons. The fourth-order valence-electron chi connectivity index (χ4n) is 2.80. The Bertz CT molecular complexity index is 436. The zero-order chi connectivity index (χ0) is 13.9. The molecule has 1 N–H and O–H groups in total. The number of hydrogen-bond acceptors (Lipinski definition) is 4. The number of amides is 1. The van der Waals surface area contributed by atoms with Gasteiger partial charge in [-0.05, 0) is 25.8 Å². The van der Waals surface area contributed by atoms with Crippen LogP contribution < -0.4 is 5.32 Å². The summed E-state index contributed by atoms with van der Waals surface area (Å²) in [6.07, 6.45) is 6.14. The Morgan fingerprint density at radius 1 is 1.55 bits per heavy atom. The molecular formula is C14H22N4O2. The van der Waals surface area contributed by atoms with Gasteiger partial charge in [0.05, 0.1) is 18.2 Å². The molecule has 0 saturated carbocycles. The number of hydrogen-bond donors (Lipinski definition) is 1. The van der Waals surface area contributed by atoms with Crippen molar-refractivity contribution in [2.24, 2.45) is 0 Å². The minimum atomic E-state index is -0.0804. The fourth-order valence-corrected chi connectivity index (χ4v) is 2.80. The van der Waals surface area contributed by atoms with Crippen LogP contribution in [0.5, 0.6) is 0 Å². The number of nitrogens with zero attached hydrogens (tertiary/aromatic N) is 3. The minimum Gasteiger partial charge on any atom is -0.376 e. The Kier molecular flexibility index (Phi) is 4.03. The molecule has 2 fully saturated rings.